The lowest BCUT2D eigenvalue weighted by atomic mass is 10.2. The average Bonchev–Trinajstić information content (AvgIpc) is 2.97. The lowest BCUT2D eigenvalue weighted by Gasteiger charge is -2.33. The first kappa shape index (κ1) is 15.5. The Morgan fingerprint density at radius 1 is 1.23 bits per heavy atom. The van der Waals surface area contributed by atoms with Crippen LogP contribution in [0, 0.1) is 0 Å². The zero-order valence-corrected chi connectivity index (χ0v) is 14.0. The summed E-state index contributed by atoms with van der Waals surface area (Å²) in [5.41, 5.74) is 2.09. The lowest BCUT2D eigenvalue weighted by molar-refractivity contribution is -0.130. The minimum absolute atomic E-state index is 0.166. The first-order valence-corrected chi connectivity index (χ1v) is 8.56. The maximum Gasteiger partial charge on any atom is 0.219 e. The molecule has 1 aliphatic rings. The Morgan fingerprint density at radius 2 is 1.91 bits per heavy atom. The van der Waals surface area contributed by atoms with Gasteiger partial charge in [0.25, 0.3) is 0 Å². The van der Waals surface area contributed by atoms with Crippen LogP contribution in [0.4, 0.5) is 0 Å². The molecule has 116 valence electrons. The van der Waals surface area contributed by atoms with Crippen molar-refractivity contribution in [3.05, 3.63) is 39.7 Å². The highest BCUT2D eigenvalue weighted by Crippen LogP contribution is 2.24. The summed E-state index contributed by atoms with van der Waals surface area (Å²) in [7, 11) is 0. The molecule has 0 spiro atoms. The van der Waals surface area contributed by atoms with Gasteiger partial charge in [-0.05, 0) is 12.1 Å². The summed E-state index contributed by atoms with van der Waals surface area (Å²) in [6.07, 6.45) is 0. The molecule has 1 aromatic heterocycles. The van der Waals surface area contributed by atoms with Crippen molar-refractivity contribution in [1.82, 2.24) is 14.8 Å². The van der Waals surface area contributed by atoms with Crippen molar-refractivity contribution >= 4 is 28.8 Å². The zero-order chi connectivity index (χ0) is 15.5. The number of piperazine rings is 1. The van der Waals surface area contributed by atoms with E-state index in [-0.39, 0.29) is 5.91 Å². The number of carbonyl (C=O) groups excluding carboxylic acids is 1. The Labute approximate surface area is 139 Å². The van der Waals surface area contributed by atoms with Crippen molar-refractivity contribution in [1.29, 1.82) is 0 Å². The van der Waals surface area contributed by atoms with E-state index in [0.29, 0.717) is 0 Å². The molecule has 0 unspecified atom stereocenters. The van der Waals surface area contributed by atoms with Crippen molar-refractivity contribution in [2.75, 3.05) is 26.2 Å². The number of hydrogen-bond acceptors (Lipinski definition) is 4. The van der Waals surface area contributed by atoms with Crippen LogP contribution in [-0.2, 0) is 11.3 Å². The standard InChI is InChI=1S/C16H18ClN3OS/c1-12(21)20-8-6-19(7-9-20)10-16-18-15(11-22-16)13-2-4-14(17)5-3-13/h2-5,11H,6-10H2,1H3. The van der Waals surface area contributed by atoms with Crippen LogP contribution in [0.2, 0.25) is 5.02 Å². The fourth-order valence-corrected chi connectivity index (χ4v) is 3.52. The van der Waals surface area contributed by atoms with Crippen molar-refractivity contribution in [3.8, 4) is 11.3 Å². The fourth-order valence-electron chi connectivity index (χ4n) is 2.55. The number of carbonyl (C=O) groups is 1. The van der Waals surface area contributed by atoms with Gasteiger partial charge in [0.1, 0.15) is 5.01 Å². The summed E-state index contributed by atoms with van der Waals surface area (Å²) in [5.74, 6) is 0.166. The quantitative estimate of drug-likeness (QED) is 0.864. The molecule has 0 radical (unpaired) electrons. The van der Waals surface area contributed by atoms with E-state index < -0.39 is 0 Å². The van der Waals surface area contributed by atoms with Crippen LogP contribution in [-0.4, -0.2) is 46.9 Å². The fraction of sp³-hybridized carbons (Fsp3) is 0.375. The topological polar surface area (TPSA) is 36.4 Å². The second-order valence-corrected chi connectivity index (χ2v) is 6.79. The molecule has 0 saturated carbocycles. The number of nitrogens with zero attached hydrogens (tertiary/aromatic N) is 3. The third-order valence-electron chi connectivity index (χ3n) is 3.87. The predicted octanol–water partition coefficient (Wildman–Crippen LogP) is 3.13. The van der Waals surface area contributed by atoms with E-state index in [2.05, 4.69) is 10.3 Å². The monoisotopic (exact) mass is 335 g/mol. The summed E-state index contributed by atoms with van der Waals surface area (Å²) in [5, 5.41) is 3.94. The first-order chi connectivity index (χ1) is 10.6. The highest BCUT2D eigenvalue weighted by Gasteiger charge is 2.19. The van der Waals surface area contributed by atoms with Gasteiger partial charge in [0.05, 0.1) is 12.2 Å². The molecule has 3 rings (SSSR count). The van der Waals surface area contributed by atoms with Gasteiger partial charge in [0.15, 0.2) is 0 Å². The molecule has 0 N–H and O–H groups in total. The third-order valence-corrected chi connectivity index (χ3v) is 4.95. The van der Waals surface area contributed by atoms with Crippen LogP contribution in [0.5, 0.6) is 0 Å². The number of halogens is 1. The van der Waals surface area contributed by atoms with Gasteiger partial charge in [-0.15, -0.1) is 11.3 Å². The predicted molar refractivity (Wildman–Crippen MR) is 90.1 cm³/mol. The molecular weight excluding hydrogens is 318 g/mol. The zero-order valence-electron chi connectivity index (χ0n) is 12.5. The van der Waals surface area contributed by atoms with E-state index in [1.54, 1.807) is 18.3 Å². The van der Waals surface area contributed by atoms with Crippen molar-refractivity contribution in [2.24, 2.45) is 0 Å². The van der Waals surface area contributed by atoms with E-state index >= 15 is 0 Å². The van der Waals surface area contributed by atoms with Gasteiger partial charge in [-0.3, -0.25) is 9.69 Å². The van der Waals surface area contributed by atoms with Crippen molar-refractivity contribution in [2.45, 2.75) is 13.5 Å². The van der Waals surface area contributed by atoms with E-state index in [9.17, 15) is 4.79 Å². The molecule has 0 atom stereocenters. The number of hydrogen-bond donors (Lipinski definition) is 0. The van der Waals surface area contributed by atoms with Crippen molar-refractivity contribution < 1.29 is 4.79 Å². The largest absolute Gasteiger partial charge is 0.340 e. The van der Waals surface area contributed by atoms with Crippen LogP contribution in [0.15, 0.2) is 29.6 Å². The van der Waals surface area contributed by atoms with Crippen LogP contribution >= 0.6 is 22.9 Å². The molecule has 4 nitrogen and oxygen atoms in total. The maximum atomic E-state index is 11.3. The molecule has 1 saturated heterocycles. The van der Waals surface area contributed by atoms with Gasteiger partial charge in [-0.2, -0.15) is 0 Å². The Hall–Kier alpha value is -1.43. The Morgan fingerprint density at radius 3 is 2.55 bits per heavy atom. The van der Waals surface area contributed by atoms with Crippen LogP contribution < -0.4 is 0 Å². The Balaban J connectivity index is 1.60. The molecule has 1 amide bonds. The van der Waals surface area contributed by atoms with E-state index in [1.807, 2.05) is 29.2 Å². The molecule has 6 heteroatoms. The molecular formula is C16H18ClN3OS. The molecule has 2 aromatic rings. The summed E-state index contributed by atoms with van der Waals surface area (Å²) in [6, 6.07) is 7.76. The molecule has 1 fully saturated rings. The van der Waals surface area contributed by atoms with Crippen LogP contribution in [0.3, 0.4) is 0 Å². The first-order valence-electron chi connectivity index (χ1n) is 7.30. The smallest absolute Gasteiger partial charge is 0.219 e. The number of rotatable bonds is 3. The normalized spacial score (nSPS) is 16.0. The Bertz CT molecular complexity index is 648. The Kier molecular flexibility index (Phi) is 4.76. The summed E-state index contributed by atoms with van der Waals surface area (Å²) < 4.78 is 0. The summed E-state index contributed by atoms with van der Waals surface area (Å²) >= 11 is 7.60. The third kappa shape index (κ3) is 3.66. The minimum Gasteiger partial charge on any atom is -0.340 e. The number of thiazole rings is 1. The van der Waals surface area contributed by atoms with Gasteiger partial charge >= 0.3 is 0 Å². The van der Waals surface area contributed by atoms with Crippen LogP contribution in [0.1, 0.15) is 11.9 Å². The van der Waals surface area contributed by atoms with E-state index in [0.717, 1.165) is 54.0 Å². The number of aromatic nitrogens is 1. The second-order valence-electron chi connectivity index (χ2n) is 5.42. The maximum absolute atomic E-state index is 11.3. The molecule has 0 bridgehead atoms. The second kappa shape index (κ2) is 6.77. The highest BCUT2D eigenvalue weighted by molar-refractivity contribution is 7.09. The molecule has 2 heterocycles. The number of benzene rings is 1. The van der Waals surface area contributed by atoms with Gasteiger partial charge in [0, 0.05) is 49.1 Å². The van der Waals surface area contributed by atoms with E-state index in [4.69, 9.17) is 16.6 Å². The minimum atomic E-state index is 0.166. The lowest BCUT2D eigenvalue weighted by Crippen LogP contribution is -2.47. The van der Waals surface area contributed by atoms with E-state index in [1.165, 1.54) is 0 Å². The number of amides is 1. The van der Waals surface area contributed by atoms with Gasteiger partial charge < -0.3 is 4.90 Å². The van der Waals surface area contributed by atoms with Gasteiger partial charge in [-0.1, -0.05) is 23.7 Å². The molecule has 0 aliphatic carbocycles. The summed E-state index contributed by atoms with van der Waals surface area (Å²) in [4.78, 5) is 20.3. The molecule has 1 aromatic carbocycles. The van der Waals surface area contributed by atoms with Crippen molar-refractivity contribution in [3.63, 3.8) is 0 Å². The van der Waals surface area contributed by atoms with Crippen LogP contribution in [0.25, 0.3) is 11.3 Å². The molecule has 1 aliphatic heterocycles. The van der Waals surface area contributed by atoms with Gasteiger partial charge in [0.2, 0.25) is 5.91 Å². The summed E-state index contributed by atoms with van der Waals surface area (Å²) in [6.45, 7) is 5.93. The SMILES string of the molecule is CC(=O)N1CCN(Cc2nc(-c3ccc(Cl)cc3)cs2)CC1. The average molecular weight is 336 g/mol. The molecule has 22 heavy (non-hydrogen) atoms. The van der Waals surface area contributed by atoms with Gasteiger partial charge in [-0.25, -0.2) is 4.98 Å². The highest BCUT2D eigenvalue weighted by atomic mass is 35.5.